The van der Waals surface area contributed by atoms with Crippen LogP contribution in [0.5, 0.6) is 0 Å². The molecule has 0 spiro atoms. The largest absolute Gasteiger partial charge is 0.361 e. The van der Waals surface area contributed by atoms with E-state index < -0.39 is 6.17 Å². The summed E-state index contributed by atoms with van der Waals surface area (Å²) in [5.41, 5.74) is 3.82. The number of rotatable bonds is 2. The molecule has 0 aliphatic carbocycles. The van der Waals surface area contributed by atoms with Gasteiger partial charge < -0.3 is 10.6 Å². The molecule has 2 N–H and O–H groups in total. The third-order valence-electron chi connectivity index (χ3n) is 4.08. The van der Waals surface area contributed by atoms with Crippen molar-refractivity contribution < 1.29 is 4.79 Å². The van der Waals surface area contributed by atoms with Gasteiger partial charge in [-0.15, -0.1) is 0 Å². The minimum absolute atomic E-state index is 0.128. The summed E-state index contributed by atoms with van der Waals surface area (Å²) < 4.78 is 1.68. The van der Waals surface area contributed by atoms with Crippen LogP contribution in [0.3, 0.4) is 0 Å². The highest BCUT2D eigenvalue weighted by Gasteiger charge is 2.29. The zero-order valence-corrected chi connectivity index (χ0v) is 13.7. The normalized spacial score (nSPS) is 16.2. The standard InChI is InChI=1S/C18H15ClN4O/c1-11-15(16(19)23(22-11)12-7-3-2-4-8-12)17-20-14-10-6-5-9-13(14)18(24)21-17/h2-10,17,20H,1H3,(H,21,24). The molecule has 1 aromatic heterocycles. The summed E-state index contributed by atoms with van der Waals surface area (Å²) in [5, 5.41) is 11.3. The quantitative estimate of drug-likeness (QED) is 0.749. The average Bonchev–Trinajstić information content (AvgIpc) is 2.90. The summed E-state index contributed by atoms with van der Waals surface area (Å²) in [5.74, 6) is -0.128. The number of nitrogens with one attached hydrogen (secondary N) is 2. The second-order valence-corrected chi connectivity index (χ2v) is 5.99. The Kier molecular flexibility index (Phi) is 3.50. The van der Waals surface area contributed by atoms with Crippen molar-refractivity contribution in [2.24, 2.45) is 0 Å². The van der Waals surface area contributed by atoms with E-state index in [2.05, 4.69) is 15.7 Å². The summed E-state index contributed by atoms with van der Waals surface area (Å²) in [6.45, 7) is 1.88. The van der Waals surface area contributed by atoms with Crippen LogP contribution in [0.2, 0.25) is 5.15 Å². The summed E-state index contributed by atoms with van der Waals surface area (Å²) >= 11 is 6.58. The first-order valence-corrected chi connectivity index (χ1v) is 8.00. The third kappa shape index (κ3) is 2.34. The van der Waals surface area contributed by atoms with Crippen LogP contribution in [0.1, 0.15) is 27.8 Å². The van der Waals surface area contributed by atoms with Gasteiger partial charge in [-0.2, -0.15) is 5.10 Å². The highest BCUT2D eigenvalue weighted by Crippen LogP contribution is 2.33. The monoisotopic (exact) mass is 338 g/mol. The fourth-order valence-electron chi connectivity index (χ4n) is 2.93. The van der Waals surface area contributed by atoms with E-state index in [1.807, 2.05) is 55.5 Å². The number of nitrogens with zero attached hydrogens (tertiary/aromatic N) is 2. The minimum Gasteiger partial charge on any atom is -0.361 e. The van der Waals surface area contributed by atoms with E-state index >= 15 is 0 Å². The lowest BCUT2D eigenvalue weighted by Crippen LogP contribution is -2.38. The maximum atomic E-state index is 12.3. The number of fused-ring (bicyclic) bond motifs is 1. The number of amides is 1. The van der Waals surface area contributed by atoms with Crippen LogP contribution < -0.4 is 10.6 Å². The number of hydrogen-bond acceptors (Lipinski definition) is 3. The number of carbonyl (C=O) groups excluding carboxylic acids is 1. The Balaban J connectivity index is 1.76. The molecule has 5 nitrogen and oxygen atoms in total. The van der Waals surface area contributed by atoms with Gasteiger partial charge >= 0.3 is 0 Å². The molecule has 1 aliphatic rings. The molecule has 0 fully saturated rings. The van der Waals surface area contributed by atoms with Gasteiger partial charge in [0.2, 0.25) is 0 Å². The maximum absolute atomic E-state index is 12.3. The van der Waals surface area contributed by atoms with Crippen molar-refractivity contribution >= 4 is 23.2 Å². The highest BCUT2D eigenvalue weighted by atomic mass is 35.5. The molecule has 1 atom stereocenters. The zero-order chi connectivity index (χ0) is 16.7. The lowest BCUT2D eigenvalue weighted by molar-refractivity contribution is 0.0935. The number of halogens is 1. The van der Waals surface area contributed by atoms with Crippen LogP contribution in [0, 0.1) is 6.92 Å². The van der Waals surface area contributed by atoms with Crippen LogP contribution in [0.15, 0.2) is 54.6 Å². The molecule has 3 aromatic rings. The Morgan fingerprint density at radius 2 is 1.75 bits per heavy atom. The van der Waals surface area contributed by atoms with Crippen molar-refractivity contribution in [1.29, 1.82) is 0 Å². The predicted molar refractivity (Wildman–Crippen MR) is 93.6 cm³/mol. The molecule has 0 radical (unpaired) electrons. The molecule has 1 amide bonds. The number of anilines is 1. The highest BCUT2D eigenvalue weighted by molar-refractivity contribution is 6.30. The second kappa shape index (κ2) is 5.69. The van der Waals surface area contributed by atoms with Crippen LogP contribution in [-0.4, -0.2) is 15.7 Å². The van der Waals surface area contributed by atoms with Crippen molar-refractivity contribution in [2.45, 2.75) is 13.1 Å². The van der Waals surface area contributed by atoms with E-state index in [1.54, 1.807) is 10.7 Å². The molecule has 24 heavy (non-hydrogen) atoms. The van der Waals surface area contributed by atoms with Crippen LogP contribution in [-0.2, 0) is 0 Å². The molecule has 0 saturated heterocycles. The lowest BCUT2D eigenvalue weighted by Gasteiger charge is -2.27. The summed E-state index contributed by atoms with van der Waals surface area (Å²) in [4.78, 5) is 12.3. The van der Waals surface area contributed by atoms with Crippen molar-refractivity contribution in [3.63, 3.8) is 0 Å². The van der Waals surface area contributed by atoms with Gasteiger partial charge in [-0.05, 0) is 31.2 Å². The van der Waals surface area contributed by atoms with Gasteiger partial charge in [-0.1, -0.05) is 41.9 Å². The summed E-state index contributed by atoms with van der Waals surface area (Å²) in [7, 11) is 0. The van der Waals surface area contributed by atoms with Gasteiger partial charge in [0.15, 0.2) is 0 Å². The Hall–Kier alpha value is -2.79. The predicted octanol–water partition coefficient (Wildman–Crippen LogP) is 3.69. The fourth-order valence-corrected chi connectivity index (χ4v) is 3.31. The average molecular weight is 339 g/mol. The number of carbonyl (C=O) groups is 1. The minimum atomic E-state index is -0.419. The van der Waals surface area contributed by atoms with Crippen LogP contribution in [0.4, 0.5) is 5.69 Å². The van der Waals surface area contributed by atoms with Gasteiger partial charge in [0.25, 0.3) is 5.91 Å². The number of benzene rings is 2. The summed E-state index contributed by atoms with van der Waals surface area (Å²) in [6, 6.07) is 17.1. The molecular formula is C18H15ClN4O. The molecule has 2 heterocycles. The fraction of sp³-hybridized carbons (Fsp3) is 0.111. The topological polar surface area (TPSA) is 59.0 Å². The molecule has 4 rings (SSSR count). The van der Waals surface area contributed by atoms with Gasteiger partial charge in [-0.25, -0.2) is 4.68 Å². The van der Waals surface area contributed by atoms with Crippen molar-refractivity contribution in [1.82, 2.24) is 15.1 Å². The molecule has 0 saturated carbocycles. The zero-order valence-electron chi connectivity index (χ0n) is 13.0. The number of para-hydroxylation sites is 2. The van der Waals surface area contributed by atoms with Gasteiger partial charge in [0.1, 0.15) is 11.3 Å². The SMILES string of the molecule is Cc1nn(-c2ccccc2)c(Cl)c1C1NC(=O)c2ccccc2N1. The Morgan fingerprint density at radius 1 is 1.04 bits per heavy atom. The van der Waals surface area contributed by atoms with E-state index in [0.29, 0.717) is 10.7 Å². The van der Waals surface area contributed by atoms with E-state index in [-0.39, 0.29) is 5.91 Å². The number of aryl methyl sites for hydroxylation is 1. The Bertz CT molecular complexity index is 920. The van der Waals surface area contributed by atoms with Crippen LogP contribution in [0.25, 0.3) is 5.69 Å². The molecule has 6 heteroatoms. The van der Waals surface area contributed by atoms with E-state index in [9.17, 15) is 4.79 Å². The first-order valence-electron chi connectivity index (χ1n) is 7.62. The van der Waals surface area contributed by atoms with Crippen molar-refractivity contribution in [2.75, 3.05) is 5.32 Å². The summed E-state index contributed by atoms with van der Waals surface area (Å²) in [6.07, 6.45) is -0.419. The smallest absolute Gasteiger partial charge is 0.255 e. The van der Waals surface area contributed by atoms with E-state index in [1.165, 1.54) is 0 Å². The maximum Gasteiger partial charge on any atom is 0.255 e. The third-order valence-corrected chi connectivity index (χ3v) is 4.45. The van der Waals surface area contributed by atoms with Crippen molar-refractivity contribution in [3.05, 3.63) is 76.6 Å². The Morgan fingerprint density at radius 3 is 2.54 bits per heavy atom. The Labute approximate surface area is 144 Å². The molecule has 0 bridgehead atoms. The molecular weight excluding hydrogens is 324 g/mol. The van der Waals surface area contributed by atoms with E-state index in [4.69, 9.17) is 11.6 Å². The molecule has 120 valence electrons. The van der Waals surface area contributed by atoms with Crippen LogP contribution >= 0.6 is 11.6 Å². The number of aromatic nitrogens is 2. The van der Waals surface area contributed by atoms with E-state index in [0.717, 1.165) is 22.6 Å². The van der Waals surface area contributed by atoms with Gasteiger partial charge in [-0.3, -0.25) is 4.79 Å². The molecule has 1 unspecified atom stereocenters. The number of hydrogen-bond donors (Lipinski definition) is 2. The van der Waals surface area contributed by atoms with Crippen molar-refractivity contribution in [3.8, 4) is 5.69 Å². The second-order valence-electron chi connectivity index (χ2n) is 5.63. The molecule has 1 aliphatic heterocycles. The first-order chi connectivity index (χ1) is 11.6. The van der Waals surface area contributed by atoms with Gasteiger partial charge in [0.05, 0.1) is 22.5 Å². The van der Waals surface area contributed by atoms with Gasteiger partial charge in [0, 0.05) is 5.69 Å². The molecule has 2 aromatic carbocycles. The lowest BCUT2D eigenvalue weighted by atomic mass is 10.1. The first kappa shape index (κ1) is 14.8.